The highest BCUT2D eigenvalue weighted by atomic mass is 16.3. The van der Waals surface area contributed by atoms with Crippen LogP contribution in [0.3, 0.4) is 0 Å². The first-order valence-electron chi connectivity index (χ1n) is 6.77. The van der Waals surface area contributed by atoms with Crippen LogP contribution in [-0.2, 0) is 0 Å². The fourth-order valence-corrected chi connectivity index (χ4v) is 2.77. The molecule has 0 unspecified atom stereocenters. The number of carbonyl (C=O) groups is 1. The summed E-state index contributed by atoms with van der Waals surface area (Å²) >= 11 is 0. The summed E-state index contributed by atoms with van der Waals surface area (Å²) in [5.74, 6) is -0.0837. The first kappa shape index (κ1) is 11.4. The van der Waals surface area contributed by atoms with Crippen molar-refractivity contribution >= 4 is 27.8 Å². The molecule has 1 amide bonds. The van der Waals surface area contributed by atoms with E-state index in [0.29, 0.717) is 11.3 Å². The second kappa shape index (κ2) is 4.30. The van der Waals surface area contributed by atoms with Gasteiger partial charge in [0.2, 0.25) is 0 Å². The first-order valence-corrected chi connectivity index (χ1v) is 6.77. The summed E-state index contributed by atoms with van der Waals surface area (Å²) in [5.41, 5.74) is 1.62. The average Bonchev–Trinajstić information content (AvgIpc) is 3.13. The van der Waals surface area contributed by atoms with Crippen LogP contribution in [0.1, 0.15) is 23.3 Å². The molecule has 4 rings (SSSR count). The van der Waals surface area contributed by atoms with Crippen molar-refractivity contribution in [1.82, 2.24) is 15.1 Å². The van der Waals surface area contributed by atoms with Gasteiger partial charge in [-0.1, -0.05) is 18.2 Å². The molecule has 0 atom stereocenters. The summed E-state index contributed by atoms with van der Waals surface area (Å²) in [5, 5.41) is 9.79. The summed E-state index contributed by atoms with van der Waals surface area (Å²) in [6.07, 6.45) is 3.76. The second-order valence-electron chi connectivity index (χ2n) is 5.03. The average molecular weight is 267 g/mol. The fraction of sp³-hybridized carbons (Fsp3) is 0.267. The molecule has 1 aliphatic rings. The number of para-hydroxylation sites is 1. The van der Waals surface area contributed by atoms with E-state index < -0.39 is 0 Å². The summed E-state index contributed by atoms with van der Waals surface area (Å²) in [4.78, 5) is 14.3. The van der Waals surface area contributed by atoms with Crippen LogP contribution >= 0.6 is 0 Å². The Hall–Kier alpha value is -2.43. The summed E-state index contributed by atoms with van der Waals surface area (Å²) < 4.78 is 5.81. The van der Waals surface area contributed by atoms with Crippen LogP contribution in [-0.4, -0.2) is 34.1 Å². The molecule has 0 radical (unpaired) electrons. The van der Waals surface area contributed by atoms with Gasteiger partial charge in [0, 0.05) is 18.5 Å². The molecule has 20 heavy (non-hydrogen) atoms. The van der Waals surface area contributed by atoms with Crippen molar-refractivity contribution in [3.8, 4) is 0 Å². The van der Waals surface area contributed by atoms with Gasteiger partial charge in [-0.25, -0.2) is 0 Å². The molecule has 1 fully saturated rings. The van der Waals surface area contributed by atoms with E-state index in [1.54, 1.807) is 6.20 Å². The third kappa shape index (κ3) is 1.59. The second-order valence-corrected chi connectivity index (χ2v) is 5.03. The largest absolute Gasteiger partial charge is 0.453 e. The molecule has 5 nitrogen and oxygen atoms in total. The SMILES string of the molecule is O=C(c1nncc2c1oc1ccccc12)N1CCCC1. The van der Waals surface area contributed by atoms with Gasteiger partial charge in [0.1, 0.15) is 5.58 Å². The van der Waals surface area contributed by atoms with E-state index in [2.05, 4.69) is 10.2 Å². The monoisotopic (exact) mass is 267 g/mol. The fourth-order valence-electron chi connectivity index (χ4n) is 2.77. The Labute approximate surface area is 115 Å². The zero-order valence-electron chi connectivity index (χ0n) is 10.9. The molecule has 0 aliphatic carbocycles. The molecule has 0 N–H and O–H groups in total. The predicted molar refractivity (Wildman–Crippen MR) is 74.4 cm³/mol. The van der Waals surface area contributed by atoms with E-state index >= 15 is 0 Å². The maximum Gasteiger partial charge on any atom is 0.278 e. The van der Waals surface area contributed by atoms with E-state index in [1.807, 2.05) is 29.2 Å². The van der Waals surface area contributed by atoms with Crippen molar-refractivity contribution in [3.05, 3.63) is 36.2 Å². The minimum atomic E-state index is -0.0837. The van der Waals surface area contributed by atoms with Crippen LogP contribution in [0, 0.1) is 0 Å². The number of fused-ring (bicyclic) bond motifs is 3. The molecule has 1 saturated heterocycles. The molecule has 3 aromatic rings. The van der Waals surface area contributed by atoms with Crippen molar-refractivity contribution in [2.45, 2.75) is 12.8 Å². The standard InChI is InChI=1S/C15H13N3O2/c19-15(18-7-3-4-8-18)13-14-11(9-16-17-13)10-5-1-2-6-12(10)20-14/h1-2,5-6,9H,3-4,7-8H2. The van der Waals surface area contributed by atoms with Crippen LogP contribution < -0.4 is 0 Å². The maximum absolute atomic E-state index is 12.5. The Morgan fingerprint density at radius 2 is 1.95 bits per heavy atom. The van der Waals surface area contributed by atoms with E-state index in [1.165, 1.54) is 0 Å². The lowest BCUT2D eigenvalue weighted by molar-refractivity contribution is 0.0787. The Morgan fingerprint density at radius 1 is 1.15 bits per heavy atom. The highest BCUT2D eigenvalue weighted by Gasteiger charge is 2.25. The third-order valence-corrected chi connectivity index (χ3v) is 3.79. The molecule has 0 spiro atoms. The van der Waals surface area contributed by atoms with Gasteiger partial charge in [-0.2, -0.15) is 5.10 Å². The molecule has 2 aromatic heterocycles. The van der Waals surface area contributed by atoms with Crippen molar-refractivity contribution < 1.29 is 9.21 Å². The first-order chi connectivity index (χ1) is 9.84. The van der Waals surface area contributed by atoms with E-state index in [9.17, 15) is 4.79 Å². The van der Waals surface area contributed by atoms with Gasteiger partial charge in [-0.05, 0) is 18.9 Å². The Bertz CT molecular complexity index is 803. The number of benzene rings is 1. The van der Waals surface area contributed by atoms with Crippen molar-refractivity contribution in [2.75, 3.05) is 13.1 Å². The summed E-state index contributed by atoms with van der Waals surface area (Å²) in [6, 6.07) is 7.71. The van der Waals surface area contributed by atoms with Crippen molar-refractivity contribution in [2.24, 2.45) is 0 Å². The zero-order valence-corrected chi connectivity index (χ0v) is 10.9. The van der Waals surface area contributed by atoms with Gasteiger partial charge in [0.05, 0.1) is 11.6 Å². The van der Waals surface area contributed by atoms with E-state index in [0.717, 1.165) is 42.3 Å². The predicted octanol–water partition coefficient (Wildman–Crippen LogP) is 2.61. The maximum atomic E-state index is 12.5. The minimum absolute atomic E-state index is 0.0837. The molecule has 1 aliphatic heterocycles. The Balaban J connectivity index is 1.93. The van der Waals surface area contributed by atoms with Gasteiger partial charge < -0.3 is 9.32 Å². The van der Waals surface area contributed by atoms with Gasteiger partial charge in [0.25, 0.3) is 5.91 Å². The number of carbonyl (C=O) groups excluding carboxylic acids is 1. The van der Waals surface area contributed by atoms with E-state index in [-0.39, 0.29) is 5.91 Å². The number of hydrogen-bond donors (Lipinski definition) is 0. The number of likely N-dealkylation sites (tertiary alicyclic amines) is 1. The quantitative estimate of drug-likeness (QED) is 0.680. The summed E-state index contributed by atoms with van der Waals surface area (Å²) in [6.45, 7) is 1.58. The highest BCUT2D eigenvalue weighted by molar-refractivity contribution is 6.11. The third-order valence-electron chi connectivity index (χ3n) is 3.79. The normalized spacial score (nSPS) is 15.3. The molecule has 3 heterocycles. The molecule has 0 saturated carbocycles. The zero-order chi connectivity index (χ0) is 13.5. The lowest BCUT2D eigenvalue weighted by atomic mass is 10.2. The molecule has 1 aromatic carbocycles. The minimum Gasteiger partial charge on any atom is -0.453 e. The molecular weight excluding hydrogens is 254 g/mol. The van der Waals surface area contributed by atoms with Gasteiger partial charge in [-0.15, -0.1) is 5.10 Å². The van der Waals surface area contributed by atoms with Crippen LogP contribution in [0.15, 0.2) is 34.9 Å². The highest BCUT2D eigenvalue weighted by Crippen LogP contribution is 2.29. The lowest BCUT2D eigenvalue weighted by Gasteiger charge is -2.13. The topological polar surface area (TPSA) is 59.2 Å². The Morgan fingerprint density at radius 3 is 2.80 bits per heavy atom. The number of furan rings is 1. The number of hydrogen-bond acceptors (Lipinski definition) is 4. The number of rotatable bonds is 1. The van der Waals surface area contributed by atoms with Gasteiger partial charge in [-0.3, -0.25) is 4.79 Å². The number of nitrogens with zero attached hydrogens (tertiary/aromatic N) is 3. The van der Waals surface area contributed by atoms with Gasteiger partial charge >= 0.3 is 0 Å². The molecular formula is C15H13N3O2. The van der Waals surface area contributed by atoms with Crippen LogP contribution in [0.4, 0.5) is 0 Å². The Kier molecular flexibility index (Phi) is 2.45. The van der Waals surface area contributed by atoms with Gasteiger partial charge in [0.15, 0.2) is 11.3 Å². The number of aromatic nitrogens is 2. The van der Waals surface area contributed by atoms with Crippen molar-refractivity contribution in [3.63, 3.8) is 0 Å². The molecule has 0 bridgehead atoms. The van der Waals surface area contributed by atoms with E-state index in [4.69, 9.17) is 4.42 Å². The van der Waals surface area contributed by atoms with Crippen molar-refractivity contribution in [1.29, 1.82) is 0 Å². The molecule has 100 valence electrons. The van der Waals surface area contributed by atoms with Crippen LogP contribution in [0.2, 0.25) is 0 Å². The molecule has 5 heteroatoms. The van der Waals surface area contributed by atoms with Crippen LogP contribution in [0.5, 0.6) is 0 Å². The lowest BCUT2D eigenvalue weighted by Crippen LogP contribution is -2.28. The number of amides is 1. The van der Waals surface area contributed by atoms with Crippen LogP contribution in [0.25, 0.3) is 21.9 Å². The smallest absolute Gasteiger partial charge is 0.278 e. The summed E-state index contributed by atoms with van der Waals surface area (Å²) in [7, 11) is 0.